The number of carbonyl (C=O) groups excluding carboxylic acids is 1. The van der Waals surface area contributed by atoms with Crippen LogP contribution in [0.25, 0.3) is 11.1 Å². The van der Waals surface area contributed by atoms with Crippen molar-refractivity contribution in [1.29, 1.82) is 0 Å². The smallest absolute Gasteiger partial charge is 0.488 e. The molecule has 0 saturated heterocycles. The number of carboxylic acids is 1. The van der Waals surface area contributed by atoms with Crippen molar-refractivity contribution in [3.8, 4) is 22.6 Å². The van der Waals surface area contributed by atoms with Crippen LogP contribution >= 0.6 is 0 Å². The average Bonchev–Trinajstić information content (AvgIpc) is 3.03. The Balaban J connectivity index is 0.000000237. The summed E-state index contributed by atoms with van der Waals surface area (Å²) in [4.78, 5) is 23.1. The Morgan fingerprint density at radius 1 is 0.667 bits per heavy atom. The van der Waals surface area contributed by atoms with Crippen LogP contribution in [-0.2, 0) is 18.0 Å². The Hall–Kier alpha value is -5.38. The van der Waals surface area contributed by atoms with Gasteiger partial charge >= 0.3 is 13.1 Å². The van der Waals surface area contributed by atoms with Crippen LogP contribution in [0.1, 0.15) is 50.7 Å². The summed E-state index contributed by atoms with van der Waals surface area (Å²) in [6, 6.07) is 32.0. The molecule has 0 aromatic heterocycles. The molecular formula is C39H40BNO7. The average molecular weight is 646 g/mol. The minimum Gasteiger partial charge on any atom is -0.489 e. The summed E-state index contributed by atoms with van der Waals surface area (Å²) in [5.41, 5.74) is 8.52. The van der Waals surface area contributed by atoms with E-state index >= 15 is 0 Å². The molecule has 0 heterocycles. The zero-order valence-corrected chi connectivity index (χ0v) is 27.8. The van der Waals surface area contributed by atoms with Gasteiger partial charge in [-0.25, -0.2) is 4.79 Å². The molecule has 5 aromatic rings. The van der Waals surface area contributed by atoms with Crippen LogP contribution in [-0.4, -0.2) is 34.1 Å². The van der Waals surface area contributed by atoms with Gasteiger partial charge in [0, 0.05) is 18.2 Å². The van der Waals surface area contributed by atoms with Crippen molar-refractivity contribution in [2.24, 2.45) is 0 Å². The molecule has 0 aliphatic rings. The molecule has 9 heteroatoms. The quantitative estimate of drug-likeness (QED) is 0.124. The molecule has 0 saturated carbocycles. The van der Waals surface area contributed by atoms with Crippen LogP contribution in [0.4, 0.5) is 5.69 Å². The highest BCUT2D eigenvalue weighted by atomic mass is 16.5. The maximum absolute atomic E-state index is 11.6. The van der Waals surface area contributed by atoms with E-state index in [0.717, 1.165) is 50.4 Å². The molecule has 0 bridgehead atoms. The number of anilines is 1. The van der Waals surface area contributed by atoms with Crippen LogP contribution in [0.15, 0.2) is 103 Å². The summed E-state index contributed by atoms with van der Waals surface area (Å²) in [6.07, 6.45) is 0. The second-order valence-corrected chi connectivity index (χ2v) is 11.6. The number of nitrogens with one attached hydrogen (secondary N) is 1. The van der Waals surface area contributed by atoms with Gasteiger partial charge in [0.05, 0.1) is 5.56 Å². The largest absolute Gasteiger partial charge is 0.489 e. The molecule has 5 rings (SSSR count). The fraction of sp³-hybridized carbons (Fsp3) is 0.179. The van der Waals surface area contributed by atoms with Crippen molar-refractivity contribution in [2.45, 2.75) is 47.8 Å². The van der Waals surface area contributed by atoms with Gasteiger partial charge in [-0.15, -0.1) is 0 Å². The number of amides is 1. The van der Waals surface area contributed by atoms with E-state index in [1.165, 1.54) is 13.0 Å². The number of rotatable bonds is 10. The van der Waals surface area contributed by atoms with Gasteiger partial charge in [0.1, 0.15) is 24.7 Å². The lowest BCUT2D eigenvalue weighted by atomic mass is 9.74. The molecule has 1 amide bonds. The van der Waals surface area contributed by atoms with Gasteiger partial charge < -0.3 is 29.9 Å². The predicted octanol–water partition coefficient (Wildman–Crippen LogP) is 6.77. The molecule has 0 aliphatic carbocycles. The Kier molecular flexibility index (Phi) is 12.2. The van der Waals surface area contributed by atoms with Gasteiger partial charge in [0.15, 0.2) is 0 Å². The topological polar surface area (TPSA) is 125 Å². The lowest BCUT2D eigenvalue weighted by molar-refractivity contribution is -0.114. The number of carbonyl (C=O) groups is 2. The number of aryl methyl sites for hydroxylation is 4. The first-order valence-corrected chi connectivity index (χ1v) is 15.5. The van der Waals surface area contributed by atoms with Crippen LogP contribution in [0.3, 0.4) is 0 Å². The number of hydrogen-bond acceptors (Lipinski definition) is 6. The molecule has 48 heavy (non-hydrogen) atoms. The lowest BCUT2D eigenvalue weighted by Crippen LogP contribution is -2.34. The van der Waals surface area contributed by atoms with E-state index in [9.17, 15) is 24.7 Å². The van der Waals surface area contributed by atoms with E-state index in [0.29, 0.717) is 29.9 Å². The van der Waals surface area contributed by atoms with Crippen molar-refractivity contribution in [3.05, 3.63) is 142 Å². The molecule has 0 aliphatic heterocycles. The number of carboxylic acid groups (broad SMARTS) is 1. The molecule has 0 spiro atoms. The molecule has 246 valence electrons. The van der Waals surface area contributed by atoms with Crippen molar-refractivity contribution < 1.29 is 34.2 Å². The standard InChI is InChI=1S/C24H23NO4.C15H17BO3/c1-15-11-20(29-14-18-7-5-4-6-8-18)12-16(2)23(15)21-13-19(24(27)28)9-10-22(21)25-17(3)26;1-11-8-14(9-12(2)15(11)16(17)18)19-10-13-6-4-3-5-7-13/h4-13H,14H2,1-3H3,(H,25,26)(H,27,28);3-9,17-18H,10H2,1-2H3. The van der Waals surface area contributed by atoms with Crippen LogP contribution in [0.5, 0.6) is 11.5 Å². The summed E-state index contributed by atoms with van der Waals surface area (Å²) in [5.74, 6) is 0.248. The molecular weight excluding hydrogens is 605 g/mol. The number of benzene rings is 5. The molecule has 0 atom stereocenters. The van der Waals surface area contributed by atoms with Crippen LogP contribution in [0.2, 0.25) is 0 Å². The number of ether oxygens (including phenoxy) is 2. The van der Waals surface area contributed by atoms with Gasteiger partial charge in [-0.2, -0.15) is 0 Å². The van der Waals surface area contributed by atoms with E-state index in [1.54, 1.807) is 12.1 Å². The predicted molar refractivity (Wildman–Crippen MR) is 190 cm³/mol. The van der Waals surface area contributed by atoms with Gasteiger partial charge in [-0.05, 0) is 115 Å². The first kappa shape index (κ1) is 35.5. The van der Waals surface area contributed by atoms with Crippen LogP contribution in [0, 0.1) is 27.7 Å². The highest BCUT2D eigenvalue weighted by Crippen LogP contribution is 2.36. The molecule has 8 nitrogen and oxygen atoms in total. The highest BCUT2D eigenvalue weighted by Gasteiger charge is 2.18. The van der Waals surface area contributed by atoms with Crippen molar-refractivity contribution >= 4 is 30.1 Å². The first-order valence-electron chi connectivity index (χ1n) is 15.5. The van der Waals surface area contributed by atoms with E-state index in [-0.39, 0.29) is 11.5 Å². The second-order valence-electron chi connectivity index (χ2n) is 11.6. The third kappa shape index (κ3) is 9.57. The van der Waals surface area contributed by atoms with E-state index in [1.807, 2.05) is 113 Å². The Morgan fingerprint density at radius 2 is 1.12 bits per heavy atom. The van der Waals surface area contributed by atoms with Crippen molar-refractivity contribution in [2.75, 3.05) is 5.32 Å². The van der Waals surface area contributed by atoms with Crippen molar-refractivity contribution in [1.82, 2.24) is 0 Å². The lowest BCUT2D eigenvalue weighted by Gasteiger charge is -2.17. The maximum atomic E-state index is 11.6. The fourth-order valence-electron chi connectivity index (χ4n) is 5.52. The maximum Gasteiger partial charge on any atom is 0.488 e. The number of aromatic carboxylic acids is 1. The fourth-order valence-corrected chi connectivity index (χ4v) is 5.52. The van der Waals surface area contributed by atoms with Gasteiger partial charge in [-0.3, -0.25) is 4.79 Å². The summed E-state index contributed by atoms with van der Waals surface area (Å²) < 4.78 is 11.7. The summed E-state index contributed by atoms with van der Waals surface area (Å²) in [7, 11) is -1.44. The molecule has 0 radical (unpaired) electrons. The monoisotopic (exact) mass is 645 g/mol. The molecule has 0 fully saturated rings. The Morgan fingerprint density at radius 3 is 1.54 bits per heavy atom. The van der Waals surface area contributed by atoms with Gasteiger partial charge in [0.25, 0.3) is 0 Å². The first-order chi connectivity index (χ1) is 22.9. The molecule has 4 N–H and O–H groups in total. The normalized spacial score (nSPS) is 10.4. The number of hydrogen-bond donors (Lipinski definition) is 4. The van der Waals surface area contributed by atoms with E-state index in [4.69, 9.17) is 9.47 Å². The van der Waals surface area contributed by atoms with Crippen molar-refractivity contribution in [3.63, 3.8) is 0 Å². The zero-order valence-electron chi connectivity index (χ0n) is 27.8. The van der Waals surface area contributed by atoms with E-state index in [2.05, 4.69) is 5.32 Å². The Bertz CT molecular complexity index is 1830. The second kappa shape index (κ2) is 16.4. The van der Waals surface area contributed by atoms with Gasteiger partial charge in [-0.1, -0.05) is 60.7 Å². The third-order valence-electron chi connectivity index (χ3n) is 7.67. The minimum atomic E-state index is -1.44. The van der Waals surface area contributed by atoms with Crippen LogP contribution < -0.4 is 20.3 Å². The highest BCUT2D eigenvalue weighted by molar-refractivity contribution is 6.59. The zero-order chi connectivity index (χ0) is 34.8. The van der Waals surface area contributed by atoms with E-state index < -0.39 is 13.1 Å². The summed E-state index contributed by atoms with van der Waals surface area (Å²) in [6.45, 7) is 9.97. The minimum absolute atomic E-state index is 0.164. The Labute approximate surface area is 281 Å². The molecule has 0 unspecified atom stereocenters. The summed E-state index contributed by atoms with van der Waals surface area (Å²) in [5, 5.41) is 30.8. The third-order valence-corrected chi connectivity index (χ3v) is 7.67. The SMILES string of the molecule is CC(=O)Nc1ccc(C(=O)O)cc1-c1c(C)cc(OCc2ccccc2)cc1C.Cc1cc(OCc2ccccc2)cc(C)c1B(O)O. The summed E-state index contributed by atoms with van der Waals surface area (Å²) >= 11 is 0. The molecule has 5 aromatic carbocycles. The van der Waals surface area contributed by atoms with Gasteiger partial charge in [0.2, 0.25) is 5.91 Å².